The molecule has 2 aromatic rings. The minimum atomic E-state index is -0.399. The van der Waals surface area contributed by atoms with E-state index in [1.54, 1.807) is 31.4 Å². The Morgan fingerprint density at radius 1 is 0.852 bits per heavy atom. The summed E-state index contributed by atoms with van der Waals surface area (Å²) >= 11 is 0. The Balaban J connectivity index is 1.71. The molecule has 0 spiro atoms. The first kappa shape index (κ1) is 20.0. The largest absolute Gasteiger partial charge is 0.497 e. The van der Waals surface area contributed by atoms with Crippen molar-refractivity contribution in [2.24, 2.45) is 0 Å². The highest BCUT2D eigenvalue weighted by atomic mass is 16.5. The van der Waals surface area contributed by atoms with Crippen molar-refractivity contribution in [2.45, 2.75) is 19.8 Å². The maximum absolute atomic E-state index is 11.9. The zero-order valence-electron chi connectivity index (χ0n) is 15.4. The smallest absolute Gasteiger partial charge is 0.233 e. The van der Waals surface area contributed by atoms with Gasteiger partial charge in [0.05, 0.1) is 7.11 Å². The molecule has 7 heteroatoms. The molecular formula is C20H23N3O4. The number of anilines is 2. The Bertz CT molecular complexity index is 786. The molecular weight excluding hydrogens is 346 g/mol. The summed E-state index contributed by atoms with van der Waals surface area (Å²) in [5.41, 5.74) is 2.26. The van der Waals surface area contributed by atoms with E-state index in [4.69, 9.17) is 4.74 Å². The molecule has 0 atom stereocenters. The van der Waals surface area contributed by atoms with Crippen molar-refractivity contribution >= 4 is 29.1 Å². The van der Waals surface area contributed by atoms with Gasteiger partial charge in [-0.15, -0.1) is 0 Å². The lowest BCUT2D eigenvalue weighted by molar-refractivity contribution is -0.126. The highest BCUT2D eigenvalue weighted by molar-refractivity contribution is 6.03. The van der Waals surface area contributed by atoms with Crippen molar-refractivity contribution < 1.29 is 19.1 Å². The van der Waals surface area contributed by atoms with E-state index < -0.39 is 5.91 Å². The molecule has 0 radical (unpaired) electrons. The zero-order valence-corrected chi connectivity index (χ0v) is 15.4. The van der Waals surface area contributed by atoms with Crippen molar-refractivity contribution in [3.05, 3.63) is 54.1 Å². The van der Waals surface area contributed by atoms with Crippen LogP contribution in [0.3, 0.4) is 0 Å². The van der Waals surface area contributed by atoms with Gasteiger partial charge in [-0.3, -0.25) is 14.4 Å². The SMILES string of the molecule is COc1ccc(CCNC(=O)CC(=O)Nc2ccc(NC(C)=O)cc2)cc1. The van der Waals surface area contributed by atoms with Gasteiger partial charge in [-0.25, -0.2) is 0 Å². The molecule has 7 nitrogen and oxygen atoms in total. The fraction of sp³-hybridized carbons (Fsp3) is 0.250. The summed E-state index contributed by atoms with van der Waals surface area (Å²) in [4.78, 5) is 34.8. The minimum absolute atomic E-state index is 0.168. The molecule has 0 fully saturated rings. The number of carbonyl (C=O) groups is 3. The zero-order chi connectivity index (χ0) is 19.6. The second-order valence-electron chi connectivity index (χ2n) is 5.93. The summed E-state index contributed by atoms with van der Waals surface area (Å²) in [5.74, 6) is -0.122. The van der Waals surface area contributed by atoms with E-state index >= 15 is 0 Å². The van der Waals surface area contributed by atoms with Gasteiger partial charge >= 0.3 is 0 Å². The first-order valence-electron chi connectivity index (χ1n) is 8.53. The average Bonchev–Trinajstić information content (AvgIpc) is 2.63. The Hall–Kier alpha value is -3.35. The molecule has 142 valence electrons. The van der Waals surface area contributed by atoms with Crippen molar-refractivity contribution in [3.8, 4) is 5.75 Å². The molecule has 0 aliphatic rings. The summed E-state index contributed by atoms with van der Waals surface area (Å²) < 4.78 is 5.10. The van der Waals surface area contributed by atoms with Crippen LogP contribution < -0.4 is 20.7 Å². The van der Waals surface area contributed by atoms with Crippen LogP contribution in [0.25, 0.3) is 0 Å². The first-order chi connectivity index (χ1) is 13.0. The second-order valence-corrected chi connectivity index (χ2v) is 5.93. The summed E-state index contributed by atoms with van der Waals surface area (Å²) in [6.45, 7) is 1.87. The van der Waals surface area contributed by atoms with E-state index in [1.165, 1.54) is 6.92 Å². The van der Waals surface area contributed by atoms with E-state index in [-0.39, 0.29) is 18.2 Å². The van der Waals surface area contributed by atoms with Gasteiger partial charge in [0.1, 0.15) is 12.2 Å². The molecule has 0 aliphatic heterocycles. The van der Waals surface area contributed by atoms with E-state index in [2.05, 4.69) is 16.0 Å². The van der Waals surface area contributed by atoms with Crippen molar-refractivity contribution in [1.82, 2.24) is 5.32 Å². The summed E-state index contributed by atoms with van der Waals surface area (Å²) in [6.07, 6.45) is 0.415. The van der Waals surface area contributed by atoms with Gasteiger partial charge in [-0.2, -0.15) is 0 Å². The molecule has 0 aliphatic carbocycles. The number of hydrogen-bond donors (Lipinski definition) is 3. The van der Waals surface area contributed by atoms with Gasteiger partial charge in [-0.1, -0.05) is 12.1 Å². The number of rotatable bonds is 8. The Labute approximate surface area is 158 Å². The monoisotopic (exact) mass is 369 g/mol. The number of carbonyl (C=O) groups excluding carboxylic acids is 3. The lowest BCUT2D eigenvalue weighted by Gasteiger charge is -2.08. The molecule has 2 aromatic carbocycles. The number of amides is 3. The van der Waals surface area contributed by atoms with Crippen LogP contribution in [0.15, 0.2) is 48.5 Å². The fourth-order valence-electron chi connectivity index (χ4n) is 2.39. The normalized spacial score (nSPS) is 10.0. The highest BCUT2D eigenvalue weighted by Crippen LogP contribution is 2.14. The van der Waals surface area contributed by atoms with Crippen molar-refractivity contribution in [3.63, 3.8) is 0 Å². The van der Waals surface area contributed by atoms with Crippen LogP contribution in [0.5, 0.6) is 5.75 Å². The Morgan fingerprint density at radius 3 is 2.00 bits per heavy atom. The topological polar surface area (TPSA) is 96.5 Å². The molecule has 0 heterocycles. The predicted molar refractivity (Wildman–Crippen MR) is 104 cm³/mol. The standard InChI is InChI=1S/C20H23N3O4/c1-14(24)22-16-5-7-17(8-6-16)23-20(26)13-19(25)21-12-11-15-3-9-18(27-2)10-4-15/h3-10H,11-13H2,1-2H3,(H,21,25)(H,22,24)(H,23,26). The van der Waals surface area contributed by atoms with Crippen molar-refractivity contribution in [1.29, 1.82) is 0 Å². The first-order valence-corrected chi connectivity index (χ1v) is 8.53. The maximum Gasteiger partial charge on any atom is 0.233 e. The number of nitrogens with one attached hydrogen (secondary N) is 3. The van der Waals surface area contributed by atoms with Gasteiger partial charge < -0.3 is 20.7 Å². The lowest BCUT2D eigenvalue weighted by atomic mass is 10.1. The van der Waals surface area contributed by atoms with Crippen LogP contribution in [0, 0.1) is 0 Å². The Morgan fingerprint density at radius 2 is 1.44 bits per heavy atom. The van der Waals surface area contributed by atoms with E-state index in [0.717, 1.165) is 11.3 Å². The molecule has 0 aromatic heterocycles. The van der Waals surface area contributed by atoms with E-state index in [1.807, 2.05) is 24.3 Å². The van der Waals surface area contributed by atoms with Gasteiger partial charge in [0, 0.05) is 24.8 Å². The molecule has 0 unspecified atom stereocenters. The average molecular weight is 369 g/mol. The summed E-state index contributed by atoms with van der Waals surface area (Å²) in [6, 6.07) is 14.3. The predicted octanol–water partition coefficient (Wildman–Crippen LogP) is 2.34. The molecule has 0 saturated heterocycles. The number of ether oxygens (including phenoxy) is 1. The highest BCUT2D eigenvalue weighted by Gasteiger charge is 2.09. The lowest BCUT2D eigenvalue weighted by Crippen LogP contribution is -2.29. The second kappa shape index (κ2) is 9.96. The van der Waals surface area contributed by atoms with Gasteiger partial charge in [-0.05, 0) is 48.4 Å². The van der Waals surface area contributed by atoms with Crippen LogP contribution in [-0.4, -0.2) is 31.4 Å². The molecule has 3 N–H and O–H groups in total. The minimum Gasteiger partial charge on any atom is -0.497 e. The van der Waals surface area contributed by atoms with E-state index in [9.17, 15) is 14.4 Å². The third-order valence-electron chi connectivity index (χ3n) is 3.71. The molecule has 27 heavy (non-hydrogen) atoms. The third-order valence-corrected chi connectivity index (χ3v) is 3.71. The molecule has 0 bridgehead atoms. The fourth-order valence-corrected chi connectivity index (χ4v) is 2.39. The Kier molecular flexibility index (Phi) is 7.37. The number of methoxy groups -OCH3 is 1. The quantitative estimate of drug-likeness (QED) is 0.622. The summed E-state index contributed by atoms with van der Waals surface area (Å²) in [5, 5.41) is 8.01. The van der Waals surface area contributed by atoms with Crippen LogP contribution >= 0.6 is 0 Å². The third kappa shape index (κ3) is 7.19. The van der Waals surface area contributed by atoms with Gasteiger partial charge in [0.2, 0.25) is 17.7 Å². The van der Waals surface area contributed by atoms with Crippen molar-refractivity contribution in [2.75, 3.05) is 24.3 Å². The van der Waals surface area contributed by atoms with Crippen LogP contribution in [-0.2, 0) is 20.8 Å². The van der Waals surface area contributed by atoms with E-state index in [0.29, 0.717) is 24.3 Å². The number of benzene rings is 2. The van der Waals surface area contributed by atoms with Crippen LogP contribution in [0.4, 0.5) is 11.4 Å². The maximum atomic E-state index is 11.9. The van der Waals surface area contributed by atoms with Gasteiger partial charge in [0.15, 0.2) is 0 Å². The number of hydrogen-bond acceptors (Lipinski definition) is 4. The summed E-state index contributed by atoms with van der Waals surface area (Å²) in [7, 11) is 1.61. The molecule has 2 rings (SSSR count). The molecule has 3 amide bonds. The molecule has 0 saturated carbocycles. The van der Waals surface area contributed by atoms with Crippen LogP contribution in [0.2, 0.25) is 0 Å². The van der Waals surface area contributed by atoms with Gasteiger partial charge in [0.25, 0.3) is 0 Å². The van der Waals surface area contributed by atoms with Crippen LogP contribution in [0.1, 0.15) is 18.9 Å².